The molecule has 22 heavy (non-hydrogen) atoms. The number of para-hydroxylation sites is 1. The molecule has 4 rings (SSSR count). The summed E-state index contributed by atoms with van der Waals surface area (Å²) in [5.74, 6) is 0.180. The van der Waals surface area contributed by atoms with Crippen molar-refractivity contribution < 1.29 is 4.79 Å². The van der Waals surface area contributed by atoms with E-state index in [0.29, 0.717) is 6.54 Å². The highest BCUT2D eigenvalue weighted by atomic mass is 16.2. The highest BCUT2D eigenvalue weighted by molar-refractivity contribution is 6.12. The summed E-state index contributed by atoms with van der Waals surface area (Å²) in [5, 5.41) is 0. The number of anilines is 1. The third-order valence-corrected chi connectivity index (χ3v) is 4.54. The predicted molar refractivity (Wildman–Crippen MR) is 90.3 cm³/mol. The fourth-order valence-corrected chi connectivity index (χ4v) is 3.33. The van der Waals surface area contributed by atoms with Crippen molar-refractivity contribution >= 4 is 22.7 Å². The molecule has 1 heterocycles. The monoisotopic (exact) mass is 289 g/mol. The summed E-state index contributed by atoms with van der Waals surface area (Å²) in [6.45, 7) is 4.59. The lowest BCUT2D eigenvalue weighted by molar-refractivity contribution is -0.121. The SMILES string of the molecule is CC(C)C(=O)N1Cc2ccccc2C2=C(C2)c2ccccc21. The van der Waals surface area contributed by atoms with E-state index in [4.69, 9.17) is 0 Å². The van der Waals surface area contributed by atoms with Gasteiger partial charge in [0.1, 0.15) is 0 Å². The molecule has 0 bridgehead atoms. The molecule has 1 aliphatic carbocycles. The summed E-state index contributed by atoms with van der Waals surface area (Å²) >= 11 is 0. The normalized spacial score (nSPS) is 15.7. The lowest BCUT2D eigenvalue weighted by Crippen LogP contribution is -2.34. The Morgan fingerprint density at radius 1 is 0.955 bits per heavy atom. The summed E-state index contributed by atoms with van der Waals surface area (Å²) in [5.41, 5.74) is 7.68. The Balaban J connectivity index is 1.94. The van der Waals surface area contributed by atoms with E-state index in [2.05, 4.69) is 42.5 Å². The van der Waals surface area contributed by atoms with Gasteiger partial charge in [0.25, 0.3) is 0 Å². The number of fused-ring (bicyclic) bond motifs is 4. The van der Waals surface area contributed by atoms with E-state index in [1.807, 2.05) is 24.8 Å². The van der Waals surface area contributed by atoms with Crippen molar-refractivity contribution in [1.29, 1.82) is 0 Å². The smallest absolute Gasteiger partial charge is 0.229 e. The molecule has 0 saturated heterocycles. The van der Waals surface area contributed by atoms with Crippen LogP contribution >= 0.6 is 0 Å². The lowest BCUT2D eigenvalue weighted by Gasteiger charge is -2.28. The molecule has 2 heteroatoms. The standard InChI is InChI=1S/C20H19NO/c1-13(2)20(22)21-12-14-7-3-4-8-15(14)17-11-18(17)16-9-5-6-10-19(16)21/h3-10,13H,11-12H2,1-2H3. The molecule has 2 aliphatic rings. The van der Waals surface area contributed by atoms with E-state index < -0.39 is 0 Å². The van der Waals surface area contributed by atoms with Gasteiger partial charge in [0.05, 0.1) is 12.2 Å². The number of carbonyl (C=O) groups is 1. The summed E-state index contributed by atoms with van der Waals surface area (Å²) < 4.78 is 0. The van der Waals surface area contributed by atoms with Crippen LogP contribution in [0.1, 0.15) is 37.0 Å². The zero-order valence-electron chi connectivity index (χ0n) is 13.0. The molecule has 0 saturated carbocycles. The zero-order valence-corrected chi connectivity index (χ0v) is 13.0. The van der Waals surface area contributed by atoms with Crippen LogP contribution < -0.4 is 4.90 Å². The molecule has 0 aromatic heterocycles. The minimum absolute atomic E-state index is 0.00713. The number of rotatable bonds is 1. The Morgan fingerprint density at radius 3 is 2.36 bits per heavy atom. The number of hydrogen-bond acceptors (Lipinski definition) is 1. The molecule has 0 spiro atoms. The minimum atomic E-state index is -0.00713. The predicted octanol–water partition coefficient (Wildman–Crippen LogP) is 4.50. The van der Waals surface area contributed by atoms with Crippen molar-refractivity contribution in [3.05, 3.63) is 65.2 Å². The summed E-state index contributed by atoms with van der Waals surface area (Å²) in [4.78, 5) is 14.7. The molecule has 2 aromatic carbocycles. The van der Waals surface area contributed by atoms with Gasteiger partial charge in [-0.25, -0.2) is 0 Å². The van der Waals surface area contributed by atoms with Crippen LogP contribution in [-0.4, -0.2) is 5.91 Å². The van der Waals surface area contributed by atoms with Gasteiger partial charge in [-0.3, -0.25) is 4.79 Å². The van der Waals surface area contributed by atoms with Crippen molar-refractivity contribution in [2.75, 3.05) is 4.90 Å². The molecular formula is C20H19NO. The Kier molecular flexibility index (Phi) is 2.93. The van der Waals surface area contributed by atoms with E-state index in [0.717, 1.165) is 12.1 Å². The first-order valence-electron chi connectivity index (χ1n) is 7.88. The third-order valence-electron chi connectivity index (χ3n) is 4.54. The first-order valence-corrected chi connectivity index (χ1v) is 7.88. The topological polar surface area (TPSA) is 20.3 Å². The molecule has 0 radical (unpaired) electrons. The van der Waals surface area contributed by atoms with Crippen molar-refractivity contribution in [2.24, 2.45) is 5.92 Å². The molecule has 2 nitrogen and oxygen atoms in total. The van der Waals surface area contributed by atoms with Crippen LogP contribution in [0.2, 0.25) is 0 Å². The molecule has 2 aromatic rings. The molecule has 0 N–H and O–H groups in total. The van der Waals surface area contributed by atoms with Crippen molar-refractivity contribution in [2.45, 2.75) is 26.8 Å². The van der Waals surface area contributed by atoms with E-state index in [9.17, 15) is 4.79 Å². The average Bonchev–Trinajstić information content (AvgIpc) is 3.31. The lowest BCUT2D eigenvalue weighted by atomic mass is 10.00. The van der Waals surface area contributed by atoms with Crippen LogP contribution in [0.5, 0.6) is 0 Å². The van der Waals surface area contributed by atoms with Crippen LogP contribution in [0.25, 0.3) is 11.1 Å². The molecule has 0 unspecified atom stereocenters. The number of benzene rings is 2. The van der Waals surface area contributed by atoms with Crippen LogP contribution in [-0.2, 0) is 11.3 Å². The van der Waals surface area contributed by atoms with Gasteiger partial charge in [-0.05, 0) is 34.8 Å². The fourth-order valence-electron chi connectivity index (χ4n) is 3.33. The first kappa shape index (κ1) is 13.3. The molecule has 110 valence electrons. The van der Waals surface area contributed by atoms with Crippen molar-refractivity contribution in [3.63, 3.8) is 0 Å². The van der Waals surface area contributed by atoms with Crippen molar-refractivity contribution in [3.8, 4) is 0 Å². The first-order chi connectivity index (χ1) is 10.7. The zero-order chi connectivity index (χ0) is 15.3. The van der Waals surface area contributed by atoms with Gasteiger partial charge in [0, 0.05) is 11.5 Å². The Labute approximate surface area is 131 Å². The highest BCUT2D eigenvalue weighted by Gasteiger charge is 2.33. The second-order valence-electron chi connectivity index (χ2n) is 6.39. The molecular weight excluding hydrogens is 270 g/mol. The number of carbonyl (C=O) groups excluding carboxylic acids is 1. The van der Waals surface area contributed by atoms with Gasteiger partial charge in [-0.2, -0.15) is 0 Å². The van der Waals surface area contributed by atoms with Gasteiger partial charge in [-0.15, -0.1) is 0 Å². The summed E-state index contributed by atoms with van der Waals surface area (Å²) in [7, 11) is 0. The number of allylic oxidation sites excluding steroid dienone is 2. The largest absolute Gasteiger partial charge is 0.307 e. The second-order valence-corrected chi connectivity index (χ2v) is 6.39. The van der Waals surface area contributed by atoms with E-state index in [1.54, 1.807) is 0 Å². The van der Waals surface area contributed by atoms with Crippen molar-refractivity contribution in [1.82, 2.24) is 0 Å². The van der Waals surface area contributed by atoms with Gasteiger partial charge in [0.2, 0.25) is 5.91 Å². The highest BCUT2D eigenvalue weighted by Crippen LogP contribution is 2.52. The van der Waals surface area contributed by atoms with Crippen LogP contribution in [0.4, 0.5) is 5.69 Å². The van der Waals surface area contributed by atoms with E-state index >= 15 is 0 Å². The number of nitrogens with zero attached hydrogens (tertiary/aromatic N) is 1. The van der Waals surface area contributed by atoms with Crippen LogP contribution in [0.3, 0.4) is 0 Å². The molecule has 1 aliphatic heterocycles. The minimum Gasteiger partial charge on any atom is -0.307 e. The Morgan fingerprint density at radius 2 is 1.59 bits per heavy atom. The maximum atomic E-state index is 12.8. The fraction of sp³-hybridized carbons (Fsp3) is 0.250. The maximum Gasteiger partial charge on any atom is 0.229 e. The summed E-state index contributed by atoms with van der Waals surface area (Å²) in [6, 6.07) is 16.8. The summed E-state index contributed by atoms with van der Waals surface area (Å²) in [6.07, 6.45) is 1.04. The van der Waals surface area contributed by atoms with Crippen LogP contribution in [0.15, 0.2) is 48.5 Å². The Hall–Kier alpha value is -2.35. The third kappa shape index (κ3) is 1.98. The number of hydrogen-bond donors (Lipinski definition) is 0. The van der Waals surface area contributed by atoms with Gasteiger partial charge in [0.15, 0.2) is 0 Å². The van der Waals surface area contributed by atoms with Gasteiger partial charge < -0.3 is 4.90 Å². The quantitative estimate of drug-likeness (QED) is 0.756. The molecule has 0 fully saturated rings. The Bertz CT molecular complexity index is 801. The van der Waals surface area contributed by atoms with Crippen LogP contribution in [0, 0.1) is 5.92 Å². The van der Waals surface area contributed by atoms with Gasteiger partial charge >= 0.3 is 0 Å². The molecule has 1 amide bonds. The number of amides is 1. The van der Waals surface area contributed by atoms with E-state index in [1.165, 1.54) is 27.8 Å². The van der Waals surface area contributed by atoms with E-state index in [-0.39, 0.29) is 11.8 Å². The average molecular weight is 289 g/mol. The second kappa shape index (κ2) is 4.84. The maximum absolute atomic E-state index is 12.8. The molecule has 0 atom stereocenters. The van der Waals surface area contributed by atoms with Gasteiger partial charge in [-0.1, -0.05) is 56.3 Å².